The number of amides is 1. The summed E-state index contributed by atoms with van der Waals surface area (Å²) in [7, 11) is 2.10. The number of carbonyl (C=O) groups excluding carboxylic acids is 1. The third-order valence-corrected chi connectivity index (χ3v) is 5.32. The molecule has 170 valence electrons. The number of hydrogen-bond donors (Lipinski definition) is 2. The van der Waals surface area contributed by atoms with Crippen LogP contribution in [0.2, 0.25) is 0 Å². The lowest BCUT2D eigenvalue weighted by Crippen LogP contribution is -2.53. The van der Waals surface area contributed by atoms with Gasteiger partial charge in [-0.3, -0.25) is 14.7 Å². The van der Waals surface area contributed by atoms with Crippen molar-refractivity contribution in [1.82, 2.24) is 24.7 Å². The SMILES string of the molecule is CC1=CC(NCC(N)=O)N(CCCN(C)Cc2ccc3c(c2)OCO3)C(n2ccnc2)=N1. The Kier molecular flexibility index (Phi) is 6.72. The first-order chi connectivity index (χ1) is 15.5. The number of benzene rings is 1. The Morgan fingerprint density at radius 1 is 1.34 bits per heavy atom. The summed E-state index contributed by atoms with van der Waals surface area (Å²) in [6.45, 7) is 4.74. The topological polar surface area (TPSA) is 110 Å². The summed E-state index contributed by atoms with van der Waals surface area (Å²) < 4.78 is 12.7. The third-order valence-electron chi connectivity index (χ3n) is 5.32. The van der Waals surface area contributed by atoms with Crippen LogP contribution in [0.5, 0.6) is 11.5 Å². The van der Waals surface area contributed by atoms with E-state index in [4.69, 9.17) is 20.2 Å². The van der Waals surface area contributed by atoms with Crippen LogP contribution in [0, 0.1) is 0 Å². The van der Waals surface area contributed by atoms with E-state index in [2.05, 4.69) is 33.2 Å². The van der Waals surface area contributed by atoms with E-state index in [1.807, 2.05) is 35.9 Å². The number of rotatable bonds is 9. The van der Waals surface area contributed by atoms with Gasteiger partial charge in [0.1, 0.15) is 12.5 Å². The highest BCUT2D eigenvalue weighted by atomic mass is 16.7. The summed E-state index contributed by atoms with van der Waals surface area (Å²) in [6.07, 6.45) is 8.02. The number of aromatic nitrogens is 2. The standard InChI is InChI=1S/C22H29N7O3/c1-16-10-21(25-12-20(23)30)29(22(26-16)28-9-6-24-14-28)8-3-7-27(2)13-17-4-5-18-19(11-17)32-15-31-18/h4-6,9-11,14,21,25H,3,7-8,12-13,15H2,1-2H3,(H2,23,30). The summed E-state index contributed by atoms with van der Waals surface area (Å²) in [5.74, 6) is 1.97. The van der Waals surface area contributed by atoms with Crippen LogP contribution in [0.4, 0.5) is 0 Å². The van der Waals surface area contributed by atoms with Gasteiger partial charge >= 0.3 is 0 Å². The predicted octanol–water partition coefficient (Wildman–Crippen LogP) is 0.958. The van der Waals surface area contributed by atoms with E-state index < -0.39 is 5.91 Å². The van der Waals surface area contributed by atoms with Gasteiger partial charge in [-0.15, -0.1) is 0 Å². The number of fused-ring (bicyclic) bond motifs is 1. The van der Waals surface area contributed by atoms with Crippen molar-refractivity contribution < 1.29 is 14.3 Å². The summed E-state index contributed by atoms with van der Waals surface area (Å²) in [5.41, 5.74) is 7.40. The number of carbonyl (C=O) groups is 1. The molecular formula is C22H29N7O3. The number of nitrogens with zero attached hydrogens (tertiary/aromatic N) is 5. The Morgan fingerprint density at radius 2 is 2.19 bits per heavy atom. The molecule has 32 heavy (non-hydrogen) atoms. The number of imidazole rings is 1. The van der Waals surface area contributed by atoms with Crippen LogP contribution < -0.4 is 20.5 Å². The molecule has 0 radical (unpaired) electrons. The molecule has 1 aromatic heterocycles. The van der Waals surface area contributed by atoms with Gasteiger partial charge in [-0.2, -0.15) is 0 Å². The Morgan fingerprint density at radius 3 is 2.97 bits per heavy atom. The minimum absolute atomic E-state index is 0.0895. The highest BCUT2D eigenvalue weighted by Gasteiger charge is 2.25. The van der Waals surface area contributed by atoms with E-state index in [1.54, 1.807) is 12.5 Å². The van der Waals surface area contributed by atoms with Gasteiger partial charge in [0, 0.05) is 31.2 Å². The first-order valence-corrected chi connectivity index (χ1v) is 10.6. The van der Waals surface area contributed by atoms with Crippen molar-refractivity contribution in [3.63, 3.8) is 0 Å². The molecule has 0 saturated carbocycles. The molecule has 1 unspecified atom stereocenters. The van der Waals surface area contributed by atoms with Crippen molar-refractivity contribution in [3.05, 3.63) is 54.3 Å². The molecule has 1 aromatic carbocycles. The average molecular weight is 440 g/mol. The number of allylic oxidation sites excluding steroid dienone is 1. The van der Waals surface area contributed by atoms with E-state index in [0.29, 0.717) is 0 Å². The zero-order valence-electron chi connectivity index (χ0n) is 18.4. The maximum Gasteiger partial charge on any atom is 0.231 e. The number of hydrogen-bond acceptors (Lipinski definition) is 8. The van der Waals surface area contributed by atoms with Crippen LogP contribution in [0.15, 0.2) is 53.7 Å². The number of aliphatic imine (C=N–C) groups is 1. The highest BCUT2D eigenvalue weighted by Crippen LogP contribution is 2.32. The summed E-state index contributed by atoms with van der Waals surface area (Å²) in [5, 5.41) is 3.22. The Bertz CT molecular complexity index is 1000. The summed E-state index contributed by atoms with van der Waals surface area (Å²) >= 11 is 0. The van der Waals surface area contributed by atoms with Gasteiger partial charge in [0.05, 0.1) is 6.54 Å². The van der Waals surface area contributed by atoms with E-state index in [-0.39, 0.29) is 19.5 Å². The van der Waals surface area contributed by atoms with Gasteiger partial charge in [0.2, 0.25) is 18.7 Å². The molecule has 10 heteroatoms. The Hall–Kier alpha value is -3.37. The molecule has 0 saturated heterocycles. The molecule has 0 fully saturated rings. The molecule has 1 amide bonds. The van der Waals surface area contributed by atoms with E-state index >= 15 is 0 Å². The second-order valence-electron chi connectivity index (χ2n) is 7.95. The van der Waals surface area contributed by atoms with Gasteiger partial charge < -0.3 is 25.0 Å². The van der Waals surface area contributed by atoms with Crippen molar-refractivity contribution in [2.75, 3.05) is 33.5 Å². The van der Waals surface area contributed by atoms with Gasteiger partial charge in [-0.05, 0) is 50.7 Å². The predicted molar refractivity (Wildman–Crippen MR) is 120 cm³/mol. The summed E-state index contributed by atoms with van der Waals surface area (Å²) in [4.78, 5) is 24.6. The fourth-order valence-corrected chi connectivity index (χ4v) is 3.84. The van der Waals surface area contributed by atoms with Crippen molar-refractivity contribution in [2.24, 2.45) is 10.7 Å². The number of nitrogens with two attached hydrogens (primary N) is 1. The third kappa shape index (κ3) is 5.27. The van der Waals surface area contributed by atoms with Crippen LogP contribution in [-0.4, -0.2) is 70.9 Å². The maximum atomic E-state index is 11.3. The van der Waals surface area contributed by atoms with Crippen LogP contribution in [-0.2, 0) is 11.3 Å². The highest BCUT2D eigenvalue weighted by molar-refractivity contribution is 5.84. The molecular weight excluding hydrogens is 410 g/mol. The molecule has 0 spiro atoms. The zero-order chi connectivity index (χ0) is 22.5. The lowest BCUT2D eigenvalue weighted by molar-refractivity contribution is -0.117. The number of primary amides is 1. The molecule has 0 aliphatic carbocycles. The molecule has 3 N–H and O–H groups in total. The van der Waals surface area contributed by atoms with Crippen LogP contribution in [0.25, 0.3) is 0 Å². The van der Waals surface area contributed by atoms with Crippen LogP contribution in [0.1, 0.15) is 18.9 Å². The minimum atomic E-state index is -0.397. The fraction of sp³-hybridized carbons (Fsp3) is 0.409. The normalized spacial score (nSPS) is 17.5. The molecule has 2 aliphatic rings. The molecule has 1 atom stereocenters. The average Bonchev–Trinajstić information content (AvgIpc) is 3.44. The maximum absolute atomic E-state index is 11.3. The van der Waals surface area contributed by atoms with Crippen molar-refractivity contribution >= 4 is 11.9 Å². The van der Waals surface area contributed by atoms with Crippen molar-refractivity contribution in [1.29, 1.82) is 0 Å². The second-order valence-corrected chi connectivity index (χ2v) is 7.95. The monoisotopic (exact) mass is 439 g/mol. The fourth-order valence-electron chi connectivity index (χ4n) is 3.84. The van der Waals surface area contributed by atoms with E-state index in [0.717, 1.165) is 49.2 Å². The van der Waals surface area contributed by atoms with E-state index in [1.165, 1.54) is 5.56 Å². The first kappa shape index (κ1) is 21.8. The second kappa shape index (κ2) is 9.84. The van der Waals surface area contributed by atoms with Crippen LogP contribution in [0.3, 0.4) is 0 Å². The molecule has 10 nitrogen and oxygen atoms in total. The quantitative estimate of drug-likeness (QED) is 0.599. The molecule has 4 rings (SSSR count). The molecule has 0 bridgehead atoms. The van der Waals surface area contributed by atoms with Gasteiger partial charge in [-0.1, -0.05) is 6.07 Å². The molecule has 3 heterocycles. The lowest BCUT2D eigenvalue weighted by Gasteiger charge is -2.36. The van der Waals surface area contributed by atoms with Crippen molar-refractivity contribution in [3.8, 4) is 11.5 Å². The first-order valence-electron chi connectivity index (χ1n) is 10.6. The Balaban J connectivity index is 1.38. The van der Waals surface area contributed by atoms with Crippen LogP contribution >= 0.6 is 0 Å². The largest absolute Gasteiger partial charge is 0.454 e. The summed E-state index contributed by atoms with van der Waals surface area (Å²) in [6, 6.07) is 6.05. The Labute approximate surface area is 187 Å². The van der Waals surface area contributed by atoms with E-state index in [9.17, 15) is 4.79 Å². The smallest absolute Gasteiger partial charge is 0.231 e. The molecule has 2 aliphatic heterocycles. The van der Waals surface area contributed by atoms with Crippen molar-refractivity contribution in [2.45, 2.75) is 26.1 Å². The van der Waals surface area contributed by atoms with Gasteiger partial charge in [-0.25, -0.2) is 9.98 Å². The number of ether oxygens (including phenoxy) is 2. The number of nitrogens with one attached hydrogen (secondary N) is 1. The molecule has 2 aromatic rings. The van der Waals surface area contributed by atoms with Gasteiger partial charge in [0.25, 0.3) is 0 Å². The zero-order valence-corrected chi connectivity index (χ0v) is 18.4. The minimum Gasteiger partial charge on any atom is -0.454 e. The lowest BCUT2D eigenvalue weighted by atomic mass is 10.2. The van der Waals surface area contributed by atoms with Gasteiger partial charge in [0.15, 0.2) is 11.5 Å².